The number of halogens is 1. The number of hydrogen-bond acceptors (Lipinski definition) is 5. The quantitative estimate of drug-likeness (QED) is 0.641. The van der Waals surface area contributed by atoms with Gasteiger partial charge in [-0.3, -0.25) is 4.79 Å². The summed E-state index contributed by atoms with van der Waals surface area (Å²) in [6.45, 7) is 2.60. The standard InChI is InChI=1S/C20H27ClN4O3S2/c1-23(2)7-8-24(15-16-3-5-17(21)6-4-16)20(26)19-13-18(14-22-19)30(27,28)25-9-11-29-12-10-25/h3-6,13-14,22H,7-12,15H2,1-2H3. The van der Waals surface area contributed by atoms with E-state index in [-0.39, 0.29) is 16.5 Å². The molecular weight excluding hydrogens is 444 g/mol. The molecule has 0 aliphatic carbocycles. The van der Waals surface area contributed by atoms with Crippen LogP contribution in [0, 0.1) is 0 Å². The van der Waals surface area contributed by atoms with E-state index in [0.717, 1.165) is 17.1 Å². The second-order valence-corrected chi connectivity index (χ2v) is 11.0. The van der Waals surface area contributed by atoms with Crippen molar-refractivity contribution >= 4 is 39.3 Å². The largest absolute Gasteiger partial charge is 0.356 e. The summed E-state index contributed by atoms with van der Waals surface area (Å²) in [7, 11) is 0.297. The van der Waals surface area contributed by atoms with Gasteiger partial charge in [0.25, 0.3) is 5.91 Å². The molecule has 0 radical (unpaired) electrons. The molecule has 164 valence electrons. The van der Waals surface area contributed by atoms with Crippen molar-refractivity contribution < 1.29 is 13.2 Å². The fourth-order valence-corrected chi connectivity index (χ4v) is 5.83. The Morgan fingerprint density at radius 1 is 1.17 bits per heavy atom. The Hall–Kier alpha value is -1.52. The molecule has 0 atom stereocenters. The maximum atomic E-state index is 13.2. The Morgan fingerprint density at radius 3 is 2.47 bits per heavy atom. The van der Waals surface area contributed by atoms with Gasteiger partial charge in [0.05, 0.1) is 0 Å². The lowest BCUT2D eigenvalue weighted by Gasteiger charge is -2.25. The number of rotatable bonds is 8. The highest BCUT2D eigenvalue weighted by Gasteiger charge is 2.28. The van der Waals surface area contributed by atoms with Gasteiger partial charge in [0.1, 0.15) is 10.6 Å². The minimum absolute atomic E-state index is 0.136. The molecule has 30 heavy (non-hydrogen) atoms. The minimum atomic E-state index is -3.59. The lowest BCUT2D eigenvalue weighted by atomic mass is 10.2. The van der Waals surface area contributed by atoms with Crippen LogP contribution in [0.2, 0.25) is 5.02 Å². The molecule has 1 aromatic carbocycles. The third-order valence-corrected chi connectivity index (χ3v) is 7.96. The molecule has 3 rings (SSSR count). The van der Waals surface area contributed by atoms with Crippen LogP contribution >= 0.6 is 23.4 Å². The Labute approximate surface area is 187 Å². The average Bonchev–Trinajstić information content (AvgIpc) is 3.24. The van der Waals surface area contributed by atoms with Crippen molar-refractivity contribution in [3.8, 4) is 0 Å². The van der Waals surface area contributed by atoms with E-state index in [4.69, 9.17) is 11.6 Å². The van der Waals surface area contributed by atoms with Gasteiger partial charge in [-0.1, -0.05) is 23.7 Å². The summed E-state index contributed by atoms with van der Waals surface area (Å²) in [6, 6.07) is 8.81. The number of aromatic amines is 1. The average molecular weight is 471 g/mol. The molecule has 10 heteroatoms. The summed E-state index contributed by atoms with van der Waals surface area (Å²) in [5.41, 5.74) is 1.23. The van der Waals surface area contributed by atoms with Crippen molar-refractivity contribution in [2.75, 3.05) is 51.8 Å². The van der Waals surface area contributed by atoms with Gasteiger partial charge in [-0.2, -0.15) is 16.1 Å². The van der Waals surface area contributed by atoms with Gasteiger partial charge >= 0.3 is 0 Å². The first-order valence-electron chi connectivity index (χ1n) is 9.72. The minimum Gasteiger partial charge on any atom is -0.356 e. The Bertz CT molecular complexity index is 955. The highest BCUT2D eigenvalue weighted by atomic mass is 35.5. The van der Waals surface area contributed by atoms with E-state index in [1.54, 1.807) is 28.8 Å². The molecule has 2 aromatic rings. The topological polar surface area (TPSA) is 76.7 Å². The molecule has 1 aromatic heterocycles. The van der Waals surface area contributed by atoms with E-state index in [9.17, 15) is 13.2 Å². The normalized spacial score (nSPS) is 15.5. The monoisotopic (exact) mass is 470 g/mol. The molecule has 1 saturated heterocycles. The number of sulfonamides is 1. The molecule has 0 saturated carbocycles. The van der Waals surface area contributed by atoms with E-state index >= 15 is 0 Å². The molecule has 2 heterocycles. The molecule has 1 aliphatic rings. The molecule has 0 unspecified atom stereocenters. The molecule has 1 N–H and O–H groups in total. The molecule has 1 fully saturated rings. The molecule has 7 nitrogen and oxygen atoms in total. The van der Waals surface area contributed by atoms with Crippen LogP contribution in [0.3, 0.4) is 0 Å². The number of carbonyl (C=O) groups excluding carboxylic acids is 1. The highest BCUT2D eigenvalue weighted by molar-refractivity contribution is 7.99. The van der Waals surface area contributed by atoms with E-state index in [0.29, 0.717) is 37.7 Å². The Kier molecular flexibility index (Phi) is 7.86. The van der Waals surface area contributed by atoms with E-state index < -0.39 is 10.0 Å². The number of thioether (sulfide) groups is 1. The number of amides is 1. The zero-order valence-corrected chi connectivity index (χ0v) is 19.6. The van der Waals surface area contributed by atoms with Gasteiger partial charge in [0.15, 0.2) is 0 Å². The van der Waals surface area contributed by atoms with Crippen LogP contribution in [0.15, 0.2) is 41.4 Å². The highest BCUT2D eigenvalue weighted by Crippen LogP contribution is 2.22. The number of benzene rings is 1. The van der Waals surface area contributed by atoms with Gasteiger partial charge in [-0.15, -0.1) is 0 Å². The van der Waals surface area contributed by atoms with Crippen molar-refractivity contribution in [3.63, 3.8) is 0 Å². The van der Waals surface area contributed by atoms with Crippen LogP contribution in [0.5, 0.6) is 0 Å². The first-order valence-corrected chi connectivity index (χ1v) is 12.7. The first-order chi connectivity index (χ1) is 14.3. The summed E-state index contributed by atoms with van der Waals surface area (Å²) in [5, 5.41) is 0.639. The zero-order valence-electron chi connectivity index (χ0n) is 17.2. The summed E-state index contributed by atoms with van der Waals surface area (Å²) in [5.74, 6) is 1.34. The second kappa shape index (κ2) is 10.2. The lowest BCUT2D eigenvalue weighted by Crippen LogP contribution is -2.37. The maximum absolute atomic E-state index is 13.2. The number of hydrogen-bond donors (Lipinski definition) is 1. The fraction of sp³-hybridized carbons (Fsp3) is 0.450. The van der Waals surface area contributed by atoms with Crippen LogP contribution in [-0.4, -0.2) is 85.2 Å². The summed E-state index contributed by atoms with van der Waals surface area (Å²) in [6.07, 6.45) is 1.41. The molecule has 0 bridgehead atoms. The van der Waals surface area contributed by atoms with Crippen molar-refractivity contribution in [2.24, 2.45) is 0 Å². The van der Waals surface area contributed by atoms with E-state index in [1.165, 1.54) is 16.6 Å². The third-order valence-electron chi connectivity index (χ3n) is 4.89. The smallest absolute Gasteiger partial charge is 0.270 e. The van der Waals surface area contributed by atoms with Crippen molar-refractivity contribution in [1.82, 2.24) is 19.1 Å². The maximum Gasteiger partial charge on any atom is 0.270 e. The molecular formula is C20H27ClN4O3S2. The van der Waals surface area contributed by atoms with Gasteiger partial charge in [-0.25, -0.2) is 8.42 Å². The summed E-state index contributed by atoms with van der Waals surface area (Å²) >= 11 is 7.71. The number of carbonyl (C=O) groups is 1. The number of likely N-dealkylation sites (N-methyl/N-ethyl adjacent to an activating group) is 1. The number of aromatic nitrogens is 1. The van der Waals surface area contributed by atoms with Gasteiger partial charge in [0.2, 0.25) is 10.0 Å². The molecule has 1 aliphatic heterocycles. The predicted molar refractivity (Wildman–Crippen MR) is 122 cm³/mol. The third kappa shape index (κ3) is 5.79. The predicted octanol–water partition coefficient (Wildman–Crippen LogP) is 2.61. The van der Waals surface area contributed by atoms with E-state index in [1.807, 2.05) is 31.1 Å². The SMILES string of the molecule is CN(C)CCN(Cc1ccc(Cl)cc1)C(=O)c1cc(S(=O)(=O)N2CCSCC2)c[nH]1. The molecule has 1 amide bonds. The Balaban J connectivity index is 1.79. The number of nitrogens with one attached hydrogen (secondary N) is 1. The van der Waals surface area contributed by atoms with Crippen molar-refractivity contribution in [3.05, 3.63) is 52.8 Å². The van der Waals surface area contributed by atoms with Crippen LogP contribution in [-0.2, 0) is 16.6 Å². The van der Waals surface area contributed by atoms with Crippen molar-refractivity contribution in [1.29, 1.82) is 0 Å². The lowest BCUT2D eigenvalue weighted by molar-refractivity contribution is 0.0726. The van der Waals surface area contributed by atoms with Gasteiger partial charge < -0.3 is 14.8 Å². The first kappa shape index (κ1) is 23.1. The summed E-state index contributed by atoms with van der Waals surface area (Å²) in [4.78, 5) is 19.9. The Morgan fingerprint density at radius 2 is 1.83 bits per heavy atom. The summed E-state index contributed by atoms with van der Waals surface area (Å²) < 4.78 is 27.3. The zero-order chi connectivity index (χ0) is 21.7. The number of nitrogens with zero attached hydrogens (tertiary/aromatic N) is 3. The molecule has 0 spiro atoms. The fourth-order valence-electron chi connectivity index (χ4n) is 3.14. The number of H-pyrrole nitrogens is 1. The van der Waals surface area contributed by atoms with Gasteiger partial charge in [0, 0.05) is 55.4 Å². The van der Waals surface area contributed by atoms with Crippen LogP contribution in [0.25, 0.3) is 0 Å². The van der Waals surface area contributed by atoms with Crippen LogP contribution < -0.4 is 0 Å². The van der Waals surface area contributed by atoms with E-state index in [2.05, 4.69) is 4.98 Å². The second-order valence-electron chi connectivity index (χ2n) is 7.42. The van der Waals surface area contributed by atoms with Crippen LogP contribution in [0.1, 0.15) is 16.1 Å². The van der Waals surface area contributed by atoms with Crippen LogP contribution in [0.4, 0.5) is 0 Å². The van der Waals surface area contributed by atoms with Gasteiger partial charge in [-0.05, 0) is 37.9 Å². The van der Waals surface area contributed by atoms with Crippen molar-refractivity contribution in [2.45, 2.75) is 11.4 Å².